The van der Waals surface area contributed by atoms with Crippen LogP contribution in [0, 0.1) is 10.1 Å². The van der Waals surface area contributed by atoms with E-state index in [2.05, 4.69) is 5.32 Å². The van der Waals surface area contributed by atoms with Crippen molar-refractivity contribution < 1.29 is 24.4 Å². The summed E-state index contributed by atoms with van der Waals surface area (Å²) in [6, 6.07) is 4.42. The molecular formula is C14H15N3O6. The molecule has 9 nitrogen and oxygen atoms in total. The first kappa shape index (κ1) is 16.4. The topological polar surface area (TPSA) is 130 Å². The van der Waals surface area contributed by atoms with Crippen molar-refractivity contribution in [3.63, 3.8) is 0 Å². The van der Waals surface area contributed by atoms with E-state index >= 15 is 0 Å². The molecule has 1 saturated heterocycles. The summed E-state index contributed by atoms with van der Waals surface area (Å²) in [5.41, 5.74) is -3.36. The molecule has 1 aliphatic rings. The monoisotopic (exact) mass is 321 g/mol. The van der Waals surface area contributed by atoms with E-state index in [1.807, 2.05) is 0 Å². The zero-order valence-electron chi connectivity index (χ0n) is 12.7. The molecule has 9 heteroatoms. The summed E-state index contributed by atoms with van der Waals surface area (Å²) in [6.45, 7) is 3.84. The van der Waals surface area contributed by atoms with Crippen LogP contribution in [0.1, 0.15) is 26.3 Å². The summed E-state index contributed by atoms with van der Waals surface area (Å²) >= 11 is 0. The predicted octanol–water partition coefficient (Wildman–Crippen LogP) is 1.23. The third kappa shape index (κ3) is 2.39. The maximum atomic E-state index is 12.7. The highest BCUT2D eigenvalue weighted by Crippen LogP contribution is 2.34. The molecule has 1 aromatic rings. The summed E-state index contributed by atoms with van der Waals surface area (Å²) in [5.74, 6) is -2.13. The molecule has 23 heavy (non-hydrogen) atoms. The number of hydrogen-bond acceptors (Lipinski definition) is 5. The molecule has 3 amide bonds. The van der Waals surface area contributed by atoms with Gasteiger partial charge < -0.3 is 10.4 Å². The minimum atomic E-state index is -1.75. The van der Waals surface area contributed by atoms with E-state index in [1.54, 1.807) is 0 Å². The van der Waals surface area contributed by atoms with Crippen LogP contribution >= 0.6 is 0 Å². The van der Waals surface area contributed by atoms with Crippen molar-refractivity contribution in [1.82, 2.24) is 10.2 Å². The molecule has 0 bridgehead atoms. The summed E-state index contributed by atoms with van der Waals surface area (Å²) in [5, 5.41) is 22.5. The normalized spacial score (nSPS) is 21.3. The van der Waals surface area contributed by atoms with Crippen LogP contribution in [0.25, 0.3) is 0 Å². The van der Waals surface area contributed by atoms with Crippen LogP contribution in [-0.4, -0.2) is 38.4 Å². The number of urea groups is 1. The van der Waals surface area contributed by atoms with Gasteiger partial charge in [-0.15, -0.1) is 0 Å². The highest BCUT2D eigenvalue weighted by atomic mass is 16.6. The van der Waals surface area contributed by atoms with E-state index in [4.69, 9.17) is 0 Å². The quantitative estimate of drug-likeness (QED) is 0.487. The van der Waals surface area contributed by atoms with Gasteiger partial charge in [-0.2, -0.15) is 0 Å². The largest absolute Gasteiger partial charge is 0.480 e. The second kappa shape index (κ2) is 5.04. The standard InChI is InChI=1S/C14H15N3O6/c1-13(2,11(19)20)16-10(18)14(3,15-12(16)21)8-5-4-6-9(7-8)17(22)23/h4-7H,1-3H3,(H,15,21)(H,19,20). The fourth-order valence-corrected chi connectivity index (χ4v) is 2.37. The maximum absolute atomic E-state index is 12.7. The SMILES string of the molecule is CC1(c2cccc([N+](=O)[O-])c2)NC(=O)N(C(C)(C)C(=O)O)C1=O. The Bertz CT molecular complexity index is 729. The van der Waals surface area contributed by atoms with Crippen molar-refractivity contribution in [1.29, 1.82) is 0 Å². The lowest BCUT2D eigenvalue weighted by molar-refractivity contribution is -0.385. The Labute approximate surface area is 131 Å². The number of carboxylic acids is 1. The van der Waals surface area contributed by atoms with Crippen LogP contribution in [-0.2, 0) is 15.1 Å². The number of nitrogens with zero attached hydrogens (tertiary/aromatic N) is 2. The number of rotatable bonds is 4. The van der Waals surface area contributed by atoms with E-state index in [0.717, 1.165) is 0 Å². The molecule has 1 aromatic carbocycles. The highest BCUT2D eigenvalue weighted by Gasteiger charge is 2.56. The van der Waals surface area contributed by atoms with E-state index in [1.165, 1.54) is 45.0 Å². The second-order valence-corrected chi connectivity index (χ2v) is 5.87. The molecule has 0 aliphatic carbocycles. The number of nitro groups is 1. The number of hydrogen-bond donors (Lipinski definition) is 2. The lowest BCUT2D eigenvalue weighted by Gasteiger charge is -2.29. The van der Waals surface area contributed by atoms with Gasteiger partial charge in [0.05, 0.1) is 4.92 Å². The number of carbonyl (C=O) groups excluding carboxylic acids is 2. The van der Waals surface area contributed by atoms with Crippen molar-refractivity contribution in [3.05, 3.63) is 39.9 Å². The summed E-state index contributed by atoms with van der Waals surface area (Å²) in [7, 11) is 0. The minimum Gasteiger partial charge on any atom is -0.480 e. The van der Waals surface area contributed by atoms with Crippen molar-refractivity contribution in [2.24, 2.45) is 0 Å². The van der Waals surface area contributed by atoms with Gasteiger partial charge in [-0.3, -0.25) is 14.9 Å². The van der Waals surface area contributed by atoms with Crippen molar-refractivity contribution in [3.8, 4) is 0 Å². The Balaban J connectivity index is 2.51. The van der Waals surface area contributed by atoms with Crippen LogP contribution in [0.15, 0.2) is 24.3 Å². The number of benzene rings is 1. The average molecular weight is 321 g/mol. The van der Waals surface area contributed by atoms with Gasteiger partial charge >= 0.3 is 12.0 Å². The molecule has 0 spiro atoms. The summed E-state index contributed by atoms with van der Waals surface area (Å²) < 4.78 is 0. The predicted molar refractivity (Wildman–Crippen MR) is 77.5 cm³/mol. The van der Waals surface area contributed by atoms with Crippen LogP contribution in [0.4, 0.5) is 10.5 Å². The molecular weight excluding hydrogens is 306 g/mol. The number of carboxylic acid groups (broad SMARTS) is 1. The maximum Gasteiger partial charge on any atom is 0.329 e. The highest BCUT2D eigenvalue weighted by molar-refractivity contribution is 6.10. The Morgan fingerprint density at radius 3 is 2.52 bits per heavy atom. The van der Waals surface area contributed by atoms with Crippen LogP contribution in [0.5, 0.6) is 0 Å². The molecule has 1 atom stereocenters. The third-order valence-electron chi connectivity index (χ3n) is 3.91. The van der Waals surface area contributed by atoms with Gasteiger partial charge in [0.2, 0.25) is 0 Å². The zero-order valence-corrected chi connectivity index (χ0v) is 12.7. The second-order valence-electron chi connectivity index (χ2n) is 5.87. The number of amides is 3. The molecule has 1 fully saturated rings. The van der Waals surface area contributed by atoms with Crippen molar-refractivity contribution in [2.75, 3.05) is 0 Å². The smallest absolute Gasteiger partial charge is 0.329 e. The van der Waals surface area contributed by atoms with Gasteiger partial charge in [0, 0.05) is 12.1 Å². The van der Waals surface area contributed by atoms with E-state index < -0.39 is 33.9 Å². The Morgan fingerprint density at radius 2 is 2.00 bits per heavy atom. The van der Waals surface area contributed by atoms with Gasteiger partial charge in [0.1, 0.15) is 11.1 Å². The van der Waals surface area contributed by atoms with E-state index in [-0.39, 0.29) is 11.3 Å². The van der Waals surface area contributed by atoms with Crippen molar-refractivity contribution in [2.45, 2.75) is 31.8 Å². The van der Waals surface area contributed by atoms with Gasteiger partial charge in [-0.05, 0) is 26.3 Å². The Kier molecular flexibility index (Phi) is 3.60. The fraction of sp³-hybridized carbons (Fsp3) is 0.357. The summed E-state index contributed by atoms with van der Waals surface area (Å²) in [4.78, 5) is 47.0. The number of nitrogens with one attached hydrogen (secondary N) is 1. The molecule has 1 aliphatic heterocycles. The van der Waals surface area contributed by atoms with Crippen LogP contribution < -0.4 is 5.32 Å². The van der Waals surface area contributed by atoms with Gasteiger partial charge in [-0.25, -0.2) is 14.5 Å². The minimum absolute atomic E-state index is 0.203. The van der Waals surface area contributed by atoms with E-state index in [0.29, 0.717) is 4.90 Å². The molecule has 0 saturated carbocycles. The first-order chi connectivity index (χ1) is 10.5. The fourth-order valence-electron chi connectivity index (χ4n) is 2.37. The third-order valence-corrected chi connectivity index (χ3v) is 3.91. The number of nitro benzene ring substituents is 1. The molecule has 2 rings (SSSR count). The van der Waals surface area contributed by atoms with Gasteiger partial charge in [0.15, 0.2) is 0 Å². The molecule has 1 heterocycles. The van der Waals surface area contributed by atoms with Crippen molar-refractivity contribution >= 4 is 23.6 Å². The Hall–Kier alpha value is -2.97. The number of imide groups is 1. The molecule has 122 valence electrons. The Morgan fingerprint density at radius 1 is 1.39 bits per heavy atom. The lowest BCUT2D eigenvalue weighted by Crippen LogP contribution is -2.54. The zero-order chi connectivity index (χ0) is 17.6. The number of non-ortho nitro benzene ring substituents is 1. The molecule has 0 aromatic heterocycles. The number of aliphatic carboxylic acids is 1. The van der Waals surface area contributed by atoms with E-state index in [9.17, 15) is 29.6 Å². The van der Waals surface area contributed by atoms with Gasteiger partial charge in [-0.1, -0.05) is 12.1 Å². The van der Waals surface area contributed by atoms with Crippen LogP contribution in [0.2, 0.25) is 0 Å². The first-order valence-corrected chi connectivity index (χ1v) is 6.67. The number of carbonyl (C=O) groups is 3. The summed E-state index contributed by atoms with van der Waals surface area (Å²) in [6.07, 6.45) is 0. The molecule has 0 radical (unpaired) electrons. The first-order valence-electron chi connectivity index (χ1n) is 6.67. The van der Waals surface area contributed by atoms with Gasteiger partial charge in [0.25, 0.3) is 11.6 Å². The van der Waals surface area contributed by atoms with Crippen LogP contribution in [0.3, 0.4) is 0 Å². The lowest BCUT2D eigenvalue weighted by atomic mass is 9.90. The molecule has 1 unspecified atom stereocenters. The average Bonchev–Trinajstić information content (AvgIpc) is 2.70. The molecule has 2 N–H and O–H groups in total.